The van der Waals surface area contributed by atoms with Gasteiger partial charge >= 0.3 is 12.1 Å². The molecule has 0 spiro atoms. The van der Waals surface area contributed by atoms with Crippen LogP contribution in [0.25, 0.3) is 0 Å². The van der Waals surface area contributed by atoms with Crippen LogP contribution in [0.1, 0.15) is 10.4 Å². The molecule has 0 aromatic heterocycles. The van der Waals surface area contributed by atoms with E-state index in [0.717, 1.165) is 24.3 Å². The number of benzene rings is 1. The number of sulfonamides is 1. The molecule has 0 radical (unpaired) electrons. The van der Waals surface area contributed by atoms with Crippen molar-refractivity contribution in [2.75, 3.05) is 13.1 Å². The van der Waals surface area contributed by atoms with E-state index in [1.165, 1.54) is 0 Å². The molecule has 0 unspecified atom stereocenters. The topological polar surface area (TPSA) is 118 Å². The predicted molar refractivity (Wildman–Crippen MR) is 74.4 cm³/mol. The van der Waals surface area contributed by atoms with Crippen LogP contribution >= 0.6 is 0 Å². The summed E-state index contributed by atoms with van der Waals surface area (Å²) < 4.78 is 64.1. The van der Waals surface area contributed by atoms with Gasteiger partial charge in [0.25, 0.3) is 0 Å². The lowest BCUT2D eigenvalue weighted by Gasteiger charge is -2.18. The lowest BCUT2D eigenvalue weighted by atomic mass is 9.96. The van der Waals surface area contributed by atoms with Crippen molar-refractivity contribution in [3.8, 4) is 0 Å². The number of primary amides is 1. The van der Waals surface area contributed by atoms with Gasteiger partial charge in [0.05, 0.1) is 16.7 Å². The first-order valence-electron chi connectivity index (χ1n) is 6.64. The zero-order chi connectivity index (χ0) is 18.3. The van der Waals surface area contributed by atoms with Crippen LogP contribution in [0.15, 0.2) is 29.2 Å². The van der Waals surface area contributed by atoms with Crippen LogP contribution in [0.2, 0.25) is 0 Å². The maximum Gasteiger partial charge on any atom is 0.393 e. The summed E-state index contributed by atoms with van der Waals surface area (Å²) in [5, 5.41) is 8.93. The van der Waals surface area contributed by atoms with Crippen molar-refractivity contribution in [2.24, 2.45) is 17.6 Å². The Kier molecular flexibility index (Phi) is 4.59. The largest absolute Gasteiger partial charge is 0.481 e. The third kappa shape index (κ3) is 3.36. The van der Waals surface area contributed by atoms with Gasteiger partial charge in [0, 0.05) is 18.7 Å². The van der Waals surface area contributed by atoms with Gasteiger partial charge in [-0.05, 0) is 24.3 Å². The number of nitrogens with two attached hydrogens (primary N) is 1. The average molecular weight is 366 g/mol. The number of amides is 1. The number of hydrogen-bond acceptors (Lipinski definition) is 4. The summed E-state index contributed by atoms with van der Waals surface area (Å²) in [5.74, 6) is -6.65. The van der Waals surface area contributed by atoms with Crippen LogP contribution in [0.4, 0.5) is 13.2 Å². The molecule has 1 heterocycles. The molecule has 2 atom stereocenters. The molecule has 0 bridgehead atoms. The van der Waals surface area contributed by atoms with Crippen LogP contribution in [0, 0.1) is 11.8 Å². The third-order valence-corrected chi connectivity index (χ3v) is 5.65. The van der Waals surface area contributed by atoms with Gasteiger partial charge in [0.2, 0.25) is 15.9 Å². The first kappa shape index (κ1) is 18.2. The van der Waals surface area contributed by atoms with Gasteiger partial charge in [-0.25, -0.2) is 8.42 Å². The molecule has 0 saturated carbocycles. The van der Waals surface area contributed by atoms with Crippen molar-refractivity contribution >= 4 is 21.9 Å². The normalized spacial score (nSPS) is 22.5. The maximum atomic E-state index is 12.9. The van der Waals surface area contributed by atoms with Crippen molar-refractivity contribution in [2.45, 2.75) is 11.1 Å². The van der Waals surface area contributed by atoms with E-state index in [1.807, 2.05) is 0 Å². The SMILES string of the molecule is NC(=O)c1ccc(S(=O)(=O)N2C[C@@H](C(F)(F)F)[C@H](C(=O)O)C2)cc1. The summed E-state index contributed by atoms with van der Waals surface area (Å²) in [4.78, 5) is 21.6. The molecule has 2 rings (SSSR count). The third-order valence-electron chi connectivity index (χ3n) is 3.80. The van der Waals surface area contributed by atoms with Gasteiger partial charge in [-0.1, -0.05) is 0 Å². The smallest absolute Gasteiger partial charge is 0.393 e. The van der Waals surface area contributed by atoms with E-state index in [2.05, 4.69) is 0 Å². The number of carbonyl (C=O) groups excluding carboxylic acids is 1. The van der Waals surface area contributed by atoms with E-state index in [0.29, 0.717) is 4.31 Å². The molecule has 24 heavy (non-hydrogen) atoms. The molecule has 1 amide bonds. The highest BCUT2D eigenvalue weighted by molar-refractivity contribution is 7.89. The number of nitrogens with zero attached hydrogens (tertiary/aromatic N) is 1. The van der Waals surface area contributed by atoms with Crippen molar-refractivity contribution in [1.82, 2.24) is 4.31 Å². The zero-order valence-electron chi connectivity index (χ0n) is 12.0. The molecule has 1 fully saturated rings. The van der Waals surface area contributed by atoms with Crippen LogP contribution in [-0.4, -0.2) is 49.0 Å². The molecular weight excluding hydrogens is 353 g/mol. The molecule has 132 valence electrons. The Morgan fingerprint density at radius 1 is 1.17 bits per heavy atom. The quantitative estimate of drug-likeness (QED) is 0.812. The Hall–Kier alpha value is -2.14. The Morgan fingerprint density at radius 2 is 1.71 bits per heavy atom. The van der Waals surface area contributed by atoms with Gasteiger partial charge in [0.1, 0.15) is 0 Å². The maximum absolute atomic E-state index is 12.9. The molecule has 1 aliphatic rings. The number of carboxylic acid groups (broad SMARTS) is 1. The lowest BCUT2D eigenvalue weighted by molar-refractivity contribution is -0.187. The summed E-state index contributed by atoms with van der Waals surface area (Å²) in [6, 6.07) is 4.32. The Bertz CT molecular complexity index is 761. The first-order valence-corrected chi connectivity index (χ1v) is 8.08. The minimum absolute atomic E-state index is 0.0342. The summed E-state index contributed by atoms with van der Waals surface area (Å²) in [6.07, 6.45) is -4.83. The number of alkyl halides is 3. The average Bonchev–Trinajstić information content (AvgIpc) is 2.93. The molecule has 1 aliphatic heterocycles. The molecule has 1 saturated heterocycles. The number of aliphatic carboxylic acids is 1. The fourth-order valence-electron chi connectivity index (χ4n) is 2.49. The number of halogens is 3. The molecule has 3 N–H and O–H groups in total. The number of carbonyl (C=O) groups is 2. The molecule has 1 aromatic rings. The van der Waals surface area contributed by atoms with Gasteiger partial charge < -0.3 is 10.8 Å². The highest BCUT2D eigenvalue weighted by atomic mass is 32.2. The highest BCUT2D eigenvalue weighted by Crippen LogP contribution is 2.39. The zero-order valence-corrected chi connectivity index (χ0v) is 12.8. The summed E-state index contributed by atoms with van der Waals surface area (Å²) in [6.45, 7) is -1.75. The standard InChI is InChI=1S/C13H13F3N2O5S/c14-13(15,16)10-6-18(5-9(10)12(20)21)24(22,23)8-3-1-7(2-4-8)11(17)19/h1-4,9-10H,5-6H2,(H2,17,19)(H,20,21)/t9-,10-/m1/s1. The molecular formula is C13H13F3N2O5S. The Labute approximate surface area is 134 Å². The van der Waals surface area contributed by atoms with E-state index in [4.69, 9.17) is 10.8 Å². The number of hydrogen-bond donors (Lipinski definition) is 2. The van der Waals surface area contributed by atoms with Crippen molar-refractivity contribution < 1.29 is 36.3 Å². The molecule has 1 aromatic carbocycles. The molecule has 0 aliphatic carbocycles. The molecule has 7 nitrogen and oxygen atoms in total. The van der Waals surface area contributed by atoms with Crippen LogP contribution in [-0.2, 0) is 14.8 Å². The van der Waals surface area contributed by atoms with Gasteiger partial charge in [-0.15, -0.1) is 0 Å². The lowest BCUT2D eigenvalue weighted by Crippen LogP contribution is -2.34. The van der Waals surface area contributed by atoms with E-state index in [9.17, 15) is 31.2 Å². The van der Waals surface area contributed by atoms with Gasteiger partial charge in [0.15, 0.2) is 0 Å². The minimum atomic E-state index is -4.83. The van der Waals surface area contributed by atoms with Crippen molar-refractivity contribution in [3.63, 3.8) is 0 Å². The van der Waals surface area contributed by atoms with Crippen LogP contribution in [0.5, 0.6) is 0 Å². The van der Waals surface area contributed by atoms with Crippen LogP contribution in [0.3, 0.4) is 0 Å². The van der Waals surface area contributed by atoms with Gasteiger partial charge in [-0.3, -0.25) is 9.59 Å². The predicted octanol–water partition coefficient (Wildman–Crippen LogP) is 0.669. The summed E-state index contributed by atoms with van der Waals surface area (Å²) in [7, 11) is -4.32. The van der Waals surface area contributed by atoms with E-state index in [1.54, 1.807) is 0 Å². The fraction of sp³-hybridized carbons (Fsp3) is 0.385. The van der Waals surface area contributed by atoms with E-state index >= 15 is 0 Å². The molecule has 11 heteroatoms. The number of carboxylic acids is 1. The second-order valence-electron chi connectivity index (χ2n) is 5.30. The van der Waals surface area contributed by atoms with E-state index < -0.39 is 53.0 Å². The van der Waals surface area contributed by atoms with E-state index in [-0.39, 0.29) is 10.5 Å². The van der Waals surface area contributed by atoms with Gasteiger partial charge in [-0.2, -0.15) is 17.5 Å². The second-order valence-corrected chi connectivity index (χ2v) is 7.24. The number of rotatable bonds is 4. The van der Waals surface area contributed by atoms with Crippen molar-refractivity contribution in [3.05, 3.63) is 29.8 Å². The minimum Gasteiger partial charge on any atom is -0.481 e. The summed E-state index contributed by atoms with van der Waals surface area (Å²) >= 11 is 0. The first-order chi connectivity index (χ1) is 10.9. The highest BCUT2D eigenvalue weighted by Gasteiger charge is 2.54. The van der Waals surface area contributed by atoms with Crippen molar-refractivity contribution in [1.29, 1.82) is 0 Å². The monoisotopic (exact) mass is 366 g/mol. The fourth-order valence-corrected chi connectivity index (χ4v) is 3.98. The Balaban J connectivity index is 2.33. The van der Waals surface area contributed by atoms with Crippen LogP contribution < -0.4 is 5.73 Å². The Morgan fingerprint density at radius 3 is 2.08 bits per heavy atom. The second kappa shape index (κ2) is 6.06. The summed E-state index contributed by atoms with van der Waals surface area (Å²) in [5.41, 5.74) is 5.06.